The number of carboxylic acids is 1. The lowest BCUT2D eigenvalue weighted by Crippen LogP contribution is -2.27. The Morgan fingerprint density at radius 2 is 1.86 bits per heavy atom. The summed E-state index contributed by atoms with van der Waals surface area (Å²) < 4.78 is 1.72. The van der Waals surface area contributed by atoms with Crippen molar-refractivity contribution in [2.24, 2.45) is 0 Å². The quantitative estimate of drug-likeness (QED) is 0.496. The van der Waals surface area contributed by atoms with E-state index < -0.39 is 11.9 Å². The Kier molecular flexibility index (Phi) is 5.91. The van der Waals surface area contributed by atoms with Gasteiger partial charge in [-0.3, -0.25) is 4.79 Å². The fraction of sp³-hybridized carbons (Fsp3) is 0.0870. The van der Waals surface area contributed by atoms with Gasteiger partial charge in [-0.1, -0.05) is 36.4 Å². The van der Waals surface area contributed by atoms with Gasteiger partial charge in [-0.25, -0.2) is 4.79 Å². The zero-order valence-corrected chi connectivity index (χ0v) is 15.7. The molecule has 2 N–H and O–H groups in total. The summed E-state index contributed by atoms with van der Waals surface area (Å²) in [6.07, 6.45) is 3.23. The van der Waals surface area contributed by atoms with Gasteiger partial charge in [0.1, 0.15) is 11.6 Å². The molecule has 0 aliphatic carbocycles. The molecular formula is C23H19N3O3. The number of rotatable bonds is 6. The van der Waals surface area contributed by atoms with Gasteiger partial charge in [-0.05, 0) is 48.9 Å². The van der Waals surface area contributed by atoms with Gasteiger partial charge in [-0.2, -0.15) is 5.26 Å². The second-order valence-corrected chi connectivity index (χ2v) is 6.43. The van der Waals surface area contributed by atoms with Gasteiger partial charge in [0.15, 0.2) is 0 Å². The molecule has 29 heavy (non-hydrogen) atoms. The molecule has 2 aromatic carbocycles. The van der Waals surface area contributed by atoms with Crippen molar-refractivity contribution >= 4 is 18.0 Å². The largest absolute Gasteiger partial charge is 0.478 e. The van der Waals surface area contributed by atoms with Crippen LogP contribution >= 0.6 is 0 Å². The molecule has 0 fully saturated rings. The van der Waals surface area contributed by atoms with E-state index in [-0.39, 0.29) is 17.2 Å². The SMILES string of the molecule is C[C@H](NC(=O)/C(C#N)=C\c1cccn1-c1cccc(C(=O)O)c1)c1ccccc1. The van der Waals surface area contributed by atoms with Crippen molar-refractivity contribution in [1.29, 1.82) is 5.26 Å². The normalized spacial score (nSPS) is 12.1. The molecule has 1 heterocycles. The van der Waals surface area contributed by atoms with Crippen LogP contribution in [-0.4, -0.2) is 21.6 Å². The third-order valence-electron chi connectivity index (χ3n) is 4.46. The number of carbonyl (C=O) groups excluding carboxylic acids is 1. The molecule has 1 atom stereocenters. The number of benzene rings is 2. The van der Waals surface area contributed by atoms with Crippen molar-refractivity contribution in [3.05, 3.63) is 95.3 Å². The Morgan fingerprint density at radius 3 is 2.55 bits per heavy atom. The highest BCUT2D eigenvalue weighted by atomic mass is 16.4. The van der Waals surface area contributed by atoms with Crippen molar-refractivity contribution in [1.82, 2.24) is 9.88 Å². The van der Waals surface area contributed by atoms with Crippen molar-refractivity contribution in [2.45, 2.75) is 13.0 Å². The number of carbonyl (C=O) groups is 2. The van der Waals surface area contributed by atoms with Crippen LogP contribution in [0.15, 0.2) is 78.5 Å². The van der Waals surface area contributed by atoms with Crippen LogP contribution < -0.4 is 5.32 Å². The predicted octanol–water partition coefficient (Wildman–Crippen LogP) is 3.96. The first-order chi connectivity index (χ1) is 14.0. The maximum atomic E-state index is 12.6. The van der Waals surface area contributed by atoms with Crippen LogP contribution in [0.5, 0.6) is 0 Å². The van der Waals surface area contributed by atoms with Gasteiger partial charge in [0.05, 0.1) is 11.6 Å². The summed E-state index contributed by atoms with van der Waals surface area (Å²) in [4.78, 5) is 23.8. The maximum absolute atomic E-state index is 12.6. The Labute approximate surface area is 168 Å². The highest BCUT2D eigenvalue weighted by Crippen LogP contribution is 2.18. The molecule has 3 aromatic rings. The second-order valence-electron chi connectivity index (χ2n) is 6.43. The fourth-order valence-corrected chi connectivity index (χ4v) is 2.93. The summed E-state index contributed by atoms with van der Waals surface area (Å²) in [6, 6.07) is 21.1. The molecule has 6 nitrogen and oxygen atoms in total. The maximum Gasteiger partial charge on any atom is 0.335 e. The van der Waals surface area contributed by atoms with Gasteiger partial charge >= 0.3 is 5.97 Å². The van der Waals surface area contributed by atoms with Crippen LogP contribution in [0.4, 0.5) is 0 Å². The van der Waals surface area contributed by atoms with E-state index in [0.717, 1.165) is 5.56 Å². The van der Waals surface area contributed by atoms with Crippen LogP contribution in [0.25, 0.3) is 11.8 Å². The number of nitrogens with zero attached hydrogens (tertiary/aromatic N) is 2. The molecule has 0 saturated heterocycles. The minimum absolute atomic E-state index is 0.0397. The number of amides is 1. The monoisotopic (exact) mass is 385 g/mol. The van der Waals surface area contributed by atoms with Crippen LogP contribution in [0.2, 0.25) is 0 Å². The first-order valence-electron chi connectivity index (χ1n) is 8.98. The fourth-order valence-electron chi connectivity index (χ4n) is 2.93. The van der Waals surface area contributed by atoms with Gasteiger partial charge in [0, 0.05) is 17.6 Å². The molecule has 1 aromatic heterocycles. The minimum Gasteiger partial charge on any atom is -0.478 e. The molecule has 144 valence electrons. The van der Waals surface area contributed by atoms with E-state index in [2.05, 4.69) is 5.32 Å². The smallest absolute Gasteiger partial charge is 0.335 e. The average molecular weight is 385 g/mol. The first-order valence-corrected chi connectivity index (χ1v) is 8.98. The zero-order valence-electron chi connectivity index (χ0n) is 15.7. The summed E-state index contributed by atoms with van der Waals surface area (Å²) in [6.45, 7) is 1.85. The summed E-state index contributed by atoms with van der Waals surface area (Å²) >= 11 is 0. The molecule has 0 spiro atoms. The lowest BCUT2D eigenvalue weighted by molar-refractivity contribution is -0.117. The van der Waals surface area contributed by atoms with Crippen LogP contribution in [-0.2, 0) is 4.79 Å². The molecule has 0 radical (unpaired) electrons. The Morgan fingerprint density at radius 1 is 1.10 bits per heavy atom. The molecule has 1 amide bonds. The average Bonchev–Trinajstić information content (AvgIpc) is 3.20. The zero-order chi connectivity index (χ0) is 20.8. The predicted molar refractivity (Wildman–Crippen MR) is 109 cm³/mol. The molecule has 0 aliphatic heterocycles. The highest BCUT2D eigenvalue weighted by molar-refractivity contribution is 6.01. The van der Waals surface area contributed by atoms with Gasteiger partial charge in [0.2, 0.25) is 0 Å². The number of hydrogen-bond acceptors (Lipinski definition) is 3. The third kappa shape index (κ3) is 4.60. The molecule has 6 heteroatoms. The molecule has 0 saturated carbocycles. The summed E-state index contributed by atoms with van der Waals surface area (Å²) in [5.74, 6) is -1.50. The van der Waals surface area contributed by atoms with Crippen molar-refractivity contribution in [2.75, 3.05) is 0 Å². The molecule has 3 rings (SSSR count). The van der Waals surface area contributed by atoms with E-state index in [4.69, 9.17) is 0 Å². The summed E-state index contributed by atoms with van der Waals surface area (Å²) in [5, 5.41) is 21.5. The van der Waals surface area contributed by atoms with Crippen LogP contribution in [0.1, 0.15) is 34.6 Å². The number of nitrogens with one attached hydrogen (secondary N) is 1. The van der Waals surface area contributed by atoms with E-state index in [1.54, 1.807) is 35.0 Å². The Balaban J connectivity index is 1.86. The Bertz CT molecular complexity index is 1110. The molecule has 0 bridgehead atoms. The Hall–Kier alpha value is -4.11. The van der Waals surface area contributed by atoms with Gasteiger partial charge in [0.25, 0.3) is 5.91 Å². The number of aromatic carboxylic acids is 1. The molecule has 0 unspecified atom stereocenters. The standard InChI is InChI=1S/C23H19N3O3/c1-16(17-7-3-2-4-8-17)25-22(27)19(15-24)14-21-11-6-12-26(21)20-10-5-9-18(13-20)23(28)29/h2-14,16H,1H3,(H,25,27)(H,28,29)/b19-14-/t16-/m0/s1. The van der Waals surface area contributed by atoms with Crippen molar-refractivity contribution in [3.8, 4) is 11.8 Å². The third-order valence-corrected chi connectivity index (χ3v) is 4.46. The number of carboxylic acid groups (broad SMARTS) is 1. The van der Waals surface area contributed by atoms with Gasteiger partial charge in [-0.15, -0.1) is 0 Å². The number of hydrogen-bond donors (Lipinski definition) is 2. The van der Waals surface area contributed by atoms with Gasteiger partial charge < -0.3 is 15.0 Å². The lowest BCUT2D eigenvalue weighted by Gasteiger charge is -2.14. The van der Waals surface area contributed by atoms with Crippen molar-refractivity contribution in [3.63, 3.8) is 0 Å². The minimum atomic E-state index is -1.02. The molecule has 0 aliphatic rings. The lowest BCUT2D eigenvalue weighted by atomic mass is 10.1. The van der Waals surface area contributed by atoms with Crippen LogP contribution in [0, 0.1) is 11.3 Å². The van der Waals surface area contributed by atoms with Crippen molar-refractivity contribution < 1.29 is 14.7 Å². The summed E-state index contributed by atoms with van der Waals surface area (Å²) in [7, 11) is 0. The molecular weight excluding hydrogens is 366 g/mol. The van der Waals surface area contributed by atoms with E-state index in [1.807, 2.05) is 43.3 Å². The van der Waals surface area contributed by atoms with E-state index in [1.165, 1.54) is 18.2 Å². The van der Waals surface area contributed by atoms with E-state index in [0.29, 0.717) is 11.4 Å². The number of nitriles is 1. The summed E-state index contributed by atoms with van der Waals surface area (Å²) in [5.41, 5.74) is 2.26. The van der Waals surface area contributed by atoms with Crippen LogP contribution in [0.3, 0.4) is 0 Å². The van der Waals surface area contributed by atoms with E-state index in [9.17, 15) is 20.0 Å². The number of aromatic nitrogens is 1. The second kappa shape index (κ2) is 8.72. The first kappa shape index (κ1) is 19.6. The highest BCUT2D eigenvalue weighted by Gasteiger charge is 2.15. The topological polar surface area (TPSA) is 95.1 Å². The van der Waals surface area contributed by atoms with E-state index >= 15 is 0 Å².